The number of carbonyl (C=O) groups is 2. The first-order chi connectivity index (χ1) is 25.9. The number of hydrogen-bond donors (Lipinski definition) is 1. The van der Waals surface area contributed by atoms with E-state index >= 15 is 0 Å². The average molecular weight is 787 g/mol. The van der Waals surface area contributed by atoms with Gasteiger partial charge >= 0.3 is 11.9 Å². The summed E-state index contributed by atoms with van der Waals surface area (Å²) in [5.41, 5.74) is 0. The largest absolute Gasteiger partial charge is 0.462 e. The number of unbranched alkanes of at least 4 members (excludes halogenated alkanes) is 16. The third-order valence-corrected chi connectivity index (χ3v) is 11.6. The smallest absolute Gasteiger partial charge is 0.306 e. The number of ether oxygens (including phenoxy) is 2. The summed E-state index contributed by atoms with van der Waals surface area (Å²) in [5.74, 6) is 2.28. The van der Waals surface area contributed by atoms with E-state index < -0.39 is 0 Å². The van der Waals surface area contributed by atoms with Crippen LogP contribution in [0.2, 0.25) is 0 Å². The van der Waals surface area contributed by atoms with Crippen molar-refractivity contribution in [3.8, 4) is 0 Å². The Morgan fingerprint density at radius 2 is 0.907 bits per heavy atom. The maximum absolute atomic E-state index is 12.5. The number of esters is 2. The van der Waals surface area contributed by atoms with E-state index in [4.69, 9.17) is 9.47 Å². The van der Waals surface area contributed by atoms with Crippen molar-refractivity contribution in [1.29, 1.82) is 0 Å². The van der Waals surface area contributed by atoms with Gasteiger partial charge in [-0.15, -0.1) is 0 Å². The highest BCUT2D eigenvalue weighted by molar-refractivity contribution is 7.98. The molecule has 1 rings (SSSR count). The van der Waals surface area contributed by atoms with Gasteiger partial charge in [0, 0.05) is 12.8 Å². The summed E-state index contributed by atoms with van der Waals surface area (Å²) in [6.45, 7) is 13.2. The molecular weight excluding hydrogens is 693 g/mol. The lowest BCUT2D eigenvalue weighted by atomic mass is 10.00. The minimum Gasteiger partial charge on any atom is -0.462 e. The van der Waals surface area contributed by atoms with Gasteiger partial charge in [0.15, 0.2) is 0 Å². The number of nitrogens with one attached hydrogen (secondary N) is 1. The molecule has 3 N–H and O–H groups in total. The van der Waals surface area contributed by atoms with E-state index in [0.29, 0.717) is 12.8 Å². The van der Waals surface area contributed by atoms with E-state index in [2.05, 4.69) is 51.2 Å². The molecule has 0 aromatic rings. The average Bonchev–Trinajstić information content (AvgIpc) is 3.15. The predicted molar refractivity (Wildman–Crippen MR) is 237 cm³/mol. The third kappa shape index (κ3) is 38.1. The number of rotatable bonds is 36. The van der Waals surface area contributed by atoms with Crippen LogP contribution in [0.3, 0.4) is 0 Å². The van der Waals surface area contributed by atoms with Crippen molar-refractivity contribution in [2.24, 2.45) is 5.92 Å². The van der Waals surface area contributed by atoms with Crippen LogP contribution in [0.15, 0.2) is 0 Å². The predicted octanol–water partition coefficient (Wildman–Crippen LogP) is 12.3. The number of hydrogen-bond acceptors (Lipinski definition) is 7. The van der Waals surface area contributed by atoms with Crippen molar-refractivity contribution in [3.63, 3.8) is 0 Å². The Hall–Kier alpha value is -0.830. The van der Waals surface area contributed by atoms with E-state index in [1.165, 1.54) is 134 Å². The first kappa shape index (κ1) is 55.3. The number of likely N-dealkylation sites (tertiary alicyclic amines) is 1. The molecule has 0 bridgehead atoms. The first-order valence-corrected chi connectivity index (χ1v) is 24.6. The summed E-state index contributed by atoms with van der Waals surface area (Å²) in [7, 11) is 2.22. The molecule has 0 atom stereocenters. The molecule has 1 aliphatic heterocycles. The number of nitrogens with zero attached hydrogens (tertiary/aromatic N) is 1. The summed E-state index contributed by atoms with van der Waals surface area (Å²) in [6.07, 6.45) is 36.7. The summed E-state index contributed by atoms with van der Waals surface area (Å²) in [6, 6.07) is 0. The van der Waals surface area contributed by atoms with Crippen molar-refractivity contribution in [1.82, 2.24) is 10.2 Å². The lowest BCUT2D eigenvalue weighted by Gasteiger charge is -2.28. The summed E-state index contributed by atoms with van der Waals surface area (Å²) < 4.78 is 11.9. The van der Waals surface area contributed by atoms with Crippen LogP contribution in [0.4, 0.5) is 0 Å². The van der Waals surface area contributed by atoms with Crippen LogP contribution >= 0.6 is 11.8 Å². The Kier molecular flexibility index (Phi) is 44.3. The maximum atomic E-state index is 12.5. The minimum atomic E-state index is -0.0482. The fraction of sp³-hybridized carbons (Fsp3) is 0.957. The van der Waals surface area contributed by atoms with E-state index in [9.17, 15) is 9.59 Å². The molecule has 8 heteroatoms. The van der Waals surface area contributed by atoms with E-state index in [1.807, 2.05) is 11.8 Å². The third-order valence-electron chi connectivity index (χ3n) is 10.8. The van der Waals surface area contributed by atoms with Gasteiger partial charge in [0.25, 0.3) is 0 Å². The maximum Gasteiger partial charge on any atom is 0.306 e. The van der Waals surface area contributed by atoms with Crippen molar-refractivity contribution in [2.45, 2.75) is 233 Å². The van der Waals surface area contributed by atoms with Crippen LogP contribution in [0.25, 0.3) is 0 Å². The topological polar surface area (TPSA) is 99.4 Å². The Morgan fingerprint density at radius 1 is 0.574 bits per heavy atom. The summed E-state index contributed by atoms with van der Waals surface area (Å²) in [5, 5.41) is 3.40. The van der Waals surface area contributed by atoms with Crippen molar-refractivity contribution in [3.05, 3.63) is 0 Å². The second kappa shape index (κ2) is 43.3. The highest BCUT2D eigenvalue weighted by Crippen LogP contribution is 2.20. The molecular formula is C46H94N2O5S. The van der Waals surface area contributed by atoms with Gasteiger partial charge in [0.05, 0.1) is 0 Å². The second-order valence-electron chi connectivity index (χ2n) is 16.2. The van der Waals surface area contributed by atoms with Gasteiger partial charge < -0.3 is 25.2 Å². The van der Waals surface area contributed by atoms with Crippen molar-refractivity contribution >= 4 is 23.7 Å². The van der Waals surface area contributed by atoms with Gasteiger partial charge in [0.1, 0.15) is 12.2 Å². The van der Waals surface area contributed by atoms with Gasteiger partial charge in [0.2, 0.25) is 0 Å². The second-order valence-corrected chi connectivity index (χ2v) is 17.1. The zero-order valence-electron chi connectivity index (χ0n) is 37.0. The zero-order valence-corrected chi connectivity index (χ0v) is 37.8. The van der Waals surface area contributed by atoms with E-state index in [0.717, 1.165) is 83.2 Å². The van der Waals surface area contributed by atoms with Crippen molar-refractivity contribution < 1.29 is 24.5 Å². The molecule has 0 aromatic heterocycles. The Balaban J connectivity index is 0. The van der Waals surface area contributed by atoms with Crippen molar-refractivity contribution in [2.75, 3.05) is 45.2 Å². The molecule has 1 heterocycles. The molecule has 0 amide bonds. The minimum absolute atomic E-state index is 0. The summed E-state index contributed by atoms with van der Waals surface area (Å²) in [4.78, 5) is 27.5. The Labute approximate surface area is 341 Å². The van der Waals surface area contributed by atoms with Gasteiger partial charge in [-0.1, -0.05) is 130 Å². The molecule has 0 aromatic carbocycles. The molecule has 0 spiro atoms. The molecule has 1 fully saturated rings. The highest BCUT2D eigenvalue weighted by Gasteiger charge is 2.17. The molecule has 0 radical (unpaired) electrons. The SMILES string of the molecule is CCCCCCCC(CCCCCCC)OC(=O)CCCNCCCC(=O)OC(CCCCCCC)CCCCCCC.CSCC1CCN(C)CC1.O. The normalized spacial score (nSPS) is 13.5. The van der Waals surface area contributed by atoms with Crippen LogP contribution in [0.5, 0.6) is 0 Å². The Bertz CT molecular complexity index is 702. The quantitative estimate of drug-likeness (QED) is 0.0498. The van der Waals surface area contributed by atoms with E-state index in [1.54, 1.807) is 0 Å². The van der Waals surface area contributed by atoms with Crippen LogP contribution in [-0.4, -0.2) is 79.8 Å². The molecule has 7 nitrogen and oxygen atoms in total. The number of carbonyl (C=O) groups excluding carboxylic acids is 2. The van der Waals surface area contributed by atoms with Gasteiger partial charge in [-0.2, -0.15) is 11.8 Å². The Morgan fingerprint density at radius 3 is 1.22 bits per heavy atom. The molecule has 0 saturated carbocycles. The zero-order chi connectivity index (χ0) is 39.0. The standard InChI is InChI=1S/C38H75NO4.C8H17NS.H2O/c1-5-9-13-17-21-27-35(28-22-18-14-10-6-2)42-37(40)31-25-33-39-34-26-32-38(41)43-36(29-23-19-15-11-7-3)30-24-20-16-12-8-4;1-9-5-3-8(4-6-9)7-10-2;/h35-36,39H,5-34H2,1-4H3;8H,3-7H2,1-2H3;1H2. The fourth-order valence-corrected chi connectivity index (χ4v) is 8.03. The van der Waals surface area contributed by atoms with Crippen LogP contribution in [0, 0.1) is 5.92 Å². The molecule has 324 valence electrons. The fourth-order valence-electron chi connectivity index (χ4n) is 7.22. The lowest BCUT2D eigenvalue weighted by molar-refractivity contribution is -0.150. The molecule has 0 aliphatic carbocycles. The first-order valence-electron chi connectivity index (χ1n) is 23.2. The monoisotopic (exact) mass is 787 g/mol. The van der Waals surface area contributed by atoms with Crippen LogP contribution in [-0.2, 0) is 19.1 Å². The molecule has 0 unspecified atom stereocenters. The van der Waals surface area contributed by atoms with Crippen LogP contribution < -0.4 is 5.32 Å². The lowest BCUT2D eigenvalue weighted by Crippen LogP contribution is -2.30. The molecule has 54 heavy (non-hydrogen) atoms. The van der Waals surface area contributed by atoms with Gasteiger partial charge in [-0.05, 0) is 128 Å². The number of piperidine rings is 1. The summed E-state index contributed by atoms with van der Waals surface area (Å²) >= 11 is 1.99. The number of thioether (sulfide) groups is 1. The van der Waals surface area contributed by atoms with Gasteiger partial charge in [-0.25, -0.2) is 0 Å². The van der Waals surface area contributed by atoms with E-state index in [-0.39, 0.29) is 29.6 Å². The molecule has 1 saturated heterocycles. The van der Waals surface area contributed by atoms with Gasteiger partial charge in [-0.3, -0.25) is 9.59 Å². The molecule has 1 aliphatic rings. The van der Waals surface area contributed by atoms with Crippen LogP contribution in [0.1, 0.15) is 220 Å². The highest BCUT2D eigenvalue weighted by atomic mass is 32.2.